The zero-order valence-electron chi connectivity index (χ0n) is 13.4. The third-order valence-corrected chi connectivity index (χ3v) is 2.65. The highest BCUT2D eigenvalue weighted by Gasteiger charge is 2.02. The Morgan fingerprint density at radius 1 is 1.10 bits per heavy atom. The summed E-state index contributed by atoms with van der Waals surface area (Å²) in [6.07, 6.45) is 3.67. The third kappa shape index (κ3) is 10.1. The van der Waals surface area contributed by atoms with E-state index in [4.69, 9.17) is 14.2 Å². The van der Waals surface area contributed by atoms with E-state index in [9.17, 15) is 5.11 Å². The van der Waals surface area contributed by atoms with E-state index in [1.807, 2.05) is 12.1 Å². The molecule has 4 nitrogen and oxygen atoms in total. The topological polar surface area (TPSA) is 47.9 Å². The van der Waals surface area contributed by atoms with Crippen molar-refractivity contribution in [3.8, 4) is 5.75 Å². The maximum absolute atomic E-state index is 9.38. The van der Waals surface area contributed by atoms with Gasteiger partial charge in [0.1, 0.15) is 5.75 Å². The van der Waals surface area contributed by atoms with Crippen LogP contribution >= 0.6 is 0 Å². The molecule has 0 saturated carbocycles. The van der Waals surface area contributed by atoms with Gasteiger partial charge in [0.15, 0.2) is 0 Å². The molecular formula is C17H28O4. The lowest BCUT2D eigenvalue weighted by atomic mass is 10.0. The summed E-state index contributed by atoms with van der Waals surface area (Å²) >= 11 is 0. The van der Waals surface area contributed by atoms with Crippen molar-refractivity contribution in [3.05, 3.63) is 42.0 Å². The Kier molecular flexibility index (Phi) is 12.7. The Morgan fingerprint density at radius 2 is 1.81 bits per heavy atom. The fraction of sp³-hybridized carbons (Fsp3) is 0.529. The average molecular weight is 296 g/mol. The zero-order valence-corrected chi connectivity index (χ0v) is 13.4. The lowest BCUT2D eigenvalue weighted by Crippen LogP contribution is -2.03. The number of aromatic hydroxyl groups is 1. The molecule has 4 heteroatoms. The van der Waals surface area contributed by atoms with Gasteiger partial charge in [-0.05, 0) is 36.1 Å². The molecule has 0 radical (unpaired) electrons. The van der Waals surface area contributed by atoms with Crippen molar-refractivity contribution in [3.63, 3.8) is 0 Å². The van der Waals surface area contributed by atoms with Gasteiger partial charge >= 0.3 is 0 Å². The summed E-state index contributed by atoms with van der Waals surface area (Å²) in [5.41, 5.74) is 2.13. The minimum atomic E-state index is 0.275. The van der Waals surface area contributed by atoms with Crippen molar-refractivity contribution >= 4 is 0 Å². The molecule has 120 valence electrons. The van der Waals surface area contributed by atoms with Crippen LogP contribution in [-0.4, -0.2) is 39.1 Å². The number of methoxy groups -OCH3 is 2. The molecule has 0 aliphatic carbocycles. The molecule has 0 atom stereocenters. The van der Waals surface area contributed by atoms with Crippen molar-refractivity contribution in [2.24, 2.45) is 0 Å². The normalized spacial score (nSPS) is 9.86. The number of hydrogen-bond acceptors (Lipinski definition) is 4. The standard InChI is InChI=1S/C13H18O3.C4H10O/c1-3-4-11-9-13(14)6-5-12(11)10-16-8-7-15-2;1-3-4-5-2/h3,5-6,9,14H,1,4,7-8,10H2,2H3;3-4H2,1-2H3. The minimum absolute atomic E-state index is 0.275. The molecule has 1 N–H and O–H groups in total. The molecule has 0 fully saturated rings. The van der Waals surface area contributed by atoms with Crippen LogP contribution in [0.1, 0.15) is 24.5 Å². The number of hydrogen-bond donors (Lipinski definition) is 1. The second kappa shape index (κ2) is 13.6. The van der Waals surface area contributed by atoms with E-state index in [0.717, 1.165) is 30.6 Å². The summed E-state index contributed by atoms with van der Waals surface area (Å²) in [6, 6.07) is 5.29. The Morgan fingerprint density at radius 3 is 2.33 bits per heavy atom. The molecule has 1 rings (SSSR count). The second-order valence-electron chi connectivity index (χ2n) is 4.48. The number of phenols is 1. The molecule has 0 aromatic heterocycles. The Balaban J connectivity index is 0.000000690. The molecule has 0 unspecified atom stereocenters. The average Bonchev–Trinajstić information content (AvgIpc) is 2.47. The fourth-order valence-electron chi connectivity index (χ4n) is 1.63. The van der Waals surface area contributed by atoms with E-state index >= 15 is 0 Å². The predicted molar refractivity (Wildman–Crippen MR) is 85.7 cm³/mol. The number of ether oxygens (including phenoxy) is 3. The largest absolute Gasteiger partial charge is 0.508 e. The van der Waals surface area contributed by atoms with Crippen LogP contribution in [0.15, 0.2) is 30.9 Å². The molecule has 0 spiro atoms. The first-order valence-corrected chi connectivity index (χ1v) is 7.16. The first-order chi connectivity index (χ1) is 10.2. The molecular weight excluding hydrogens is 268 g/mol. The van der Waals surface area contributed by atoms with Crippen molar-refractivity contribution in [2.45, 2.75) is 26.4 Å². The van der Waals surface area contributed by atoms with Crippen molar-refractivity contribution < 1.29 is 19.3 Å². The van der Waals surface area contributed by atoms with Gasteiger partial charge in [-0.3, -0.25) is 0 Å². The lowest BCUT2D eigenvalue weighted by molar-refractivity contribution is 0.0614. The van der Waals surface area contributed by atoms with Gasteiger partial charge in [0, 0.05) is 20.8 Å². The van der Waals surface area contributed by atoms with E-state index in [-0.39, 0.29) is 5.75 Å². The Hall–Kier alpha value is -1.36. The fourth-order valence-corrected chi connectivity index (χ4v) is 1.63. The Labute approximate surface area is 128 Å². The van der Waals surface area contributed by atoms with Crippen LogP contribution < -0.4 is 0 Å². The number of benzene rings is 1. The summed E-state index contributed by atoms with van der Waals surface area (Å²) < 4.78 is 15.0. The number of phenolic OH excluding ortho intramolecular Hbond substituents is 1. The van der Waals surface area contributed by atoms with Gasteiger partial charge in [-0.25, -0.2) is 0 Å². The summed E-state index contributed by atoms with van der Waals surface area (Å²) in [6.45, 7) is 8.37. The molecule has 1 aromatic carbocycles. The Bertz CT molecular complexity index is 375. The highest BCUT2D eigenvalue weighted by atomic mass is 16.5. The highest BCUT2D eigenvalue weighted by molar-refractivity contribution is 5.35. The van der Waals surface area contributed by atoms with Gasteiger partial charge in [0.05, 0.1) is 19.8 Å². The molecule has 0 amide bonds. The van der Waals surface area contributed by atoms with E-state index in [1.54, 1.807) is 26.4 Å². The summed E-state index contributed by atoms with van der Waals surface area (Å²) in [4.78, 5) is 0. The smallest absolute Gasteiger partial charge is 0.115 e. The van der Waals surface area contributed by atoms with Gasteiger partial charge in [0.25, 0.3) is 0 Å². The van der Waals surface area contributed by atoms with Crippen molar-refractivity contribution in [1.29, 1.82) is 0 Å². The van der Waals surface area contributed by atoms with E-state index < -0.39 is 0 Å². The van der Waals surface area contributed by atoms with E-state index in [1.165, 1.54) is 0 Å². The predicted octanol–water partition coefficient (Wildman–Crippen LogP) is 3.33. The molecule has 1 aromatic rings. The van der Waals surface area contributed by atoms with Crippen molar-refractivity contribution in [1.82, 2.24) is 0 Å². The molecule has 0 aliphatic rings. The summed E-state index contributed by atoms with van der Waals surface area (Å²) in [5.74, 6) is 0.275. The summed E-state index contributed by atoms with van der Waals surface area (Å²) in [5, 5.41) is 9.38. The molecule has 0 saturated heterocycles. The van der Waals surface area contributed by atoms with Gasteiger partial charge in [-0.15, -0.1) is 6.58 Å². The van der Waals surface area contributed by atoms with Gasteiger partial charge in [0.2, 0.25) is 0 Å². The van der Waals surface area contributed by atoms with E-state index in [0.29, 0.717) is 19.8 Å². The van der Waals surface area contributed by atoms with Crippen LogP contribution in [0.5, 0.6) is 5.75 Å². The van der Waals surface area contributed by atoms with Gasteiger partial charge in [-0.2, -0.15) is 0 Å². The molecule has 21 heavy (non-hydrogen) atoms. The maximum atomic E-state index is 9.38. The molecule has 0 heterocycles. The first kappa shape index (κ1) is 19.6. The van der Waals surface area contributed by atoms with Crippen LogP contribution in [-0.2, 0) is 27.2 Å². The SMILES string of the molecule is C=CCc1cc(O)ccc1COCCOC.CCCOC. The van der Waals surface area contributed by atoms with Crippen LogP contribution in [0.3, 0.4) is 0 Å². The lowest BCUT2D eigenvalue weighted by Gasteiger charge is -2.09. The summed E-state index contributed by atoms with van der Waals surface area (Å²) in [7, 11) is 3.36. The highest BCUT2D eigenvalue weighted by Crippen LogP contribution is 2.18. The van der Waals surface area contributed by atoms with Crippen LogP contribution in [0.4, 0.5) is 0 Å². The third-order valence-electron chi connectivity index (χ3n) is 2.65. The van der Waals surface area contributed by atoms with Crippen LogP contribution in [0, 0.1) is 0 Å². The molecule has 0 bridgehead atoms. The maximum Gasteiger partial charge on any atom is 0.115 e. The van der Waals surface area contributed by atoms with Crippen LogP contribution in [0.2, 0.25) is 0 Å². The van der Waals surface area contributed by atoms with Gasteiger partial charge < -0.3 is 19.3 Å². The first-order valence-electron chi connectivity index (χ1n) is 7.16. The number of allylic oxidation sites excluding steroid dienone is 1. The van der Waals surface area contributed by atoms with Crippen LogP contribution in [0.25, 0.3) is 0 Å². The monoisotopic (exact) mass is 296 g/mol. The zero-order chi connectivity index (χ0) is 15.9. The van der Waals surface area contributed by atoms with Crippen molar-refractivity contribution in [2.75, 3.05) is 34.0 Å². The minimum Gasteiger partial charge on any atom is -0.508 e. The van der Waals surface area contributed by atoms with Gasteiger partial charge in [-0.1, -0.05) is 19.1 Å². The molecule has 0 aliphatic heterocycles. The number of rotatable bonds is 9. The quantitative estimate of drug-likeness (QED) is 0.561. The second-order valence-corrected chi connectivity index (χ2v) is 4.48. The van der Waals surface area contributed by atoms with E-state index in [2.05, 4.69) is 13.5 Å².